The number of nitrogens with zero attached hydrogens (tertiary/aromatic N) is 1. The van der Waals surface area contributed by atoms with Crippen LogP contribution < -0.4 is 10.6 Å². The lowest BCUT2D eigenvalue weighted by molar-refractivity contribution is -0.276. The van der Waals surface area contributed by atoms with Crippen LogP contribution in [0.2, 0.25) is 0 Å². The summed E-state index contributed by atoms with van der Waals surface area (Å²) in [4.78, 5) is 29.7. The van der Waals surface area contributed by atoms with E-state index >= 15 is 0 Å². The number of nitrogens with one attached hydrogen (secondary N) is 2. The summed E-state index contributed by atoms with van der Waals surface area (Å²) in [7, 11) is 1.42. The highest BCUT2D eigenvalue weighted by molar-refractivity contribution is 9.10. The Morgan fingerprint density at radius 2 is 1.69 bits per heavy atom. The van der Waals surface area contributed by atoms with Gasteiger partial charge in [0, 0.05) is 34.6 Å². The molecule has 2 atom stereocenters. The number of alkyl halides is 6. The van der Waals surface area contributed by atoms with E-state index in [1.807, 2.05) is 0 Å². The molecule has 6 nitrogen and oxygen atoms in total. The van der Waals surface area contributed by atoms with Crippen LogP contribution in [-0.2, 0) is 21.4 Å². The predicted octanol–water partition coefficient (Wildman–Crippen LogP) is 6.07. The molecule has 0 bridgehead atoms. The van der Waals surface area contributed by atoms with Crippen molar-refractivity contribution in [3.8, 4) is 0 Å². The maximum Gasteiger partial charge on any atom is 0.435 e. The van der Waals surface area contributed by atoms with Crippen LogP contribution in [0.5, 0.6) is 0 Å². The molecule has 2 unspecified atom stereocenters. The molecule has 0 fully saturated rings. The van der Waals surface area contributed by atoms with Gasteiger partial charge in [0.15, 0.2) is 0 Å². The summed E-state index contributed by atoms with van der Waals surface area (Å²) >= 11 is 2.86. The van der Waals surface area contributed by atoms with Gasteiger partial charge in [-0.15, -0.1) is 0 Å². The number of fused-ring (bicyclic) bond motifs is 1. The van der Waals surface area contributed by atoms with Crippen LogP contribution in [0, 0.1) is 0 Å². The Labute approximate surface area is 226 Å². The molecule has 0 saturated heterocycles. The smallest absolute Gasteiger partial charge is 0.374 e. The van der Waals surface area contributed by atoms with Crippen molar-refractivity contribution < 1.29 is 40.8 Å². The third-order valence-electron chi connectivity index (χ3n) is 6.34. The van der Waals surface area contributed by atoms with Crippen molar-refractivity contribution >= 4 is 44.2 Å². The van der Waals surface area contributed by atoms with Crippen molar-refractivity contribution in [3.63, 3.8) is 0 Å². The minimum Gasteiger partial charge on any atom is -0.374 e. The van der Waals surface area contributed by atoms with Crippen LogP contribution >= 0.6 is 15.9 Å². The third-order valence-corrected chi connectivity index (χ3v) is 6.80. The number of carbonyl (C=O) groups excluding carboxylic acids is 2. The number of carbonyl (C=O) groups is 2. The van der Waals surface area contributed by atoms with Gasteiger partial charge in [0.05, 0.1) is 11.3 Å². The Hall–Kier alpha value is -3.61. The van der Waals surface area contributed by atoms with Gasteiger partial charge in [-0.05, 0) is 42.0 Å². The van der Waals surface area contributed by atoms with E-state index < -0.39 is 53.4 Å². The van der Waals surface area contributed by atoms with Crippen molar-refractivity contribution in [2.75, 3.05) is 7.05 Å². The molecule has 0 spiro atoms. The van der Waals surface area contributed by atoms with Crippen LogP contribution in [0.4, 0.5) is 26.3 Å². The molecular formula is C26H20BrF6N3O3. The molecule has 39 heavy (non-hydrogen) atoms. The summed E-state index contributed by atoms with van der Waals surface area (Å²) < 4.78 is 83.4. The molecule has 1 heterocycles. The first-order chi connectivity index (χ1) is 18.2. The first-order valence-electron chi connectivity index (χ1n) is 11.4. The number of rotatable bonds is 5. The fourth-order valence-electron chi connectivity index (χ4n) is 4.34. The van der Waals surface area contributed by atoms with Gasteiger partial charge >= 0.3 is 12.4 Å². The lowest BCUT2D eigenvalue weighted by Gasteiger charge is -2.30. The first-order valence-corrected chi connectivity index (χ1v) is 12.2. The minimum atomic E-state index is -5.13. The second-order valence-electron chi connectivity index (χ2n) is 8.87. The van der Waals surface area contributed by atoms with E-state index in [0.29, 0.717) is 22.9 Å². The zero-order valence-electron chi connectivity index (χ0n) is 20.3. The van der Waals surface area contributed by atoms with Crippen molar-refractivity contribution in [2.45, 2.75) is 37.3 Å². The number of hydrogen-bond acceptors (Lipinski definition) is 4. The number of oxime groups is 1. The molecular weight excluding hydrogens is 596 g/mol. The van der Waals surface area contributed by atoms with E-state index in [1.165, 1.54) is 26.1 Å². The molecule has 206 valence electrons. The number of amides is 2. The molecule has 0 radical (unpaired) electrons. The summed E-state index contributed by atoms with van der Waals surface area (Å²) in [5.74, 6) is -1.01. The highest BCUT2D eigenvalue weighted by atomic mass is 79.9. The molecule has 2 amide bonds. The summed E-state index contributed by atoms with van der Waals surface area (Å²) in [6, 6.07) is 10.3. The van der Waals surface area contributed by atoms with E-state index in [9.17, 15) is 35.9 Å². The Bertz CT molecular complexity index is 1490. The molecule has 2 N–H and O–H groups in total. The molecule has 0 aliphatic carbocycles. The molecule has 0 aromatic heterocycles. The Morgan fingerprint density at radius 3 is 2.31 bits per heavy atom. The number of halogens is 7. The van der Waals surface area contributed by atoms with Gasteiger partial charge < -0.3 is 15.5 Å². The quantitative estimate of drug-likeness (QED) is 0.342. The highest BCUT2D eigenvalue weighted by Crippen LogP contribution is 2.50. The topological polar surface area (TPSA) is 79.8 Å². The van der Waals surface area contributed by atoms with Crippen LogP contribution in [0.1, 0.15) is 40.4 Å². The van der Waals surface area contributed by atoms with Crippen molar-refractivity contribution in [1.82, 2.24) is 10.6 Å². The second kappa shape index (κ2) is 10.2. The zero-order chi connectivity index (χ0) is 28.8. The Kier molecular flexibility index (Phi) is 7.41. The van der Waals surface area contributed by atoms with Gasteiger partial charge in [0.25, 0.3) is 11.5 Å². The summed E-state index contributed by atoms with van der Waals surface area (Å²) in [6.45, 7) is 1.49. The van der Waals surface area contributed by atoms with Gasteiger partial charge in [-0.25, -0.2) is 0 Å². The molecule has 0 saturated carbocycles. The third kappa shape index (κ3) is 5.32. The van der Waals surface area contributed by atoms with Crippen LogP contribution in [0.25, 0.3) is 10.8 Å². The lowest BCUT2D eigenvalue weighted by Crippen LogP contribution is -2.43. The second-order valence-corrected chi connectivity index (χ2v) is 9.79. The minimum absolute atomic E-state index is 0.161. The van der Waals surface area contributed by atoms with Crippen LogP contribution in [0.15, 0.2) is 64.2 Å². The van der Waals surface area contributed by atoms with E-state index in [4.69, 9.17) is 4.84 Å². The van der Waals surface area contributed by atoms with Gasteiger partial charge in [-0.2, -0.15) is 26.3 Å². The van der Waals surface area contributed by atoms with Crippen LogP contribution in [-0.4, -0.2) is 36.8 Å². The molecule has 1 aliphatic heterocycles. The van der Waals surface area contributed by atoms with Gasteiger partial charge in [-0.3, -0.25) is 9.59 Å². The monoisotopic (exact) mass is 615 g/mol. The zero-order valence-corrected chi connectivity index (χ0v) is 21.9. The fourth-order valence-corrected chi connectivity index (χ4v) is 4.83. The summed E-state index contributed by atoms with van der Waals surface area (Å²) in [5.41, 5.74) is -5.01. The first kappa shape index (κ1) is 28.4. The average Bonchev–Trinajstić information content (AvgIpc) is 3.33. The van der Waals surface area contributed by atoms with E-state index in [0.717, 1.165) is 6.07 Å². The van der Waals surface area contributed by atoms with Crippen molar-refractivity contribution in [1.29, 1.82) is 0 Å². The van der Waals surface area contributed by atoms with Gasteiger partial charge in [0.2, 0.25) is 5.91 Å². The molecule has 3 aromatic carbocycles. The fraction of sp³-hybridized carbons (Fsp3) is 0.269. The maximum absolute atomic E-state index is 14.5. The van der Waals surface area contributed by atoms with Crippen molar-refractivity contribution in [3.05, 3.63) is 81.3 Å². The predicted molar refractivity (Wildman–Crippen MR) is 134 cm³/mol. The molecule has 3 aromatic rings. The van der Waals surface area contributed by atoms with Gasteiger partial charge in [0.1, 0.15) is 6.04 Å². The Balaban J connectivity index is 1.76. The molecule has 4 rings (SSSR count). The number of hydrogen-bond donors (Lipinski definition) is 2. The summed E-state index contributed by atoms with van der Waals surface area (Å²) in [5, 5.41) is 9.38. The van der Waals surface area contributed by atoms with Crippen LogP contribution in [0.3, 0.4) is 0 Å². The van der Waals surface area contributed by atoms with E-state index in [1.54, 1.807) is 24.3 Å². The average molecular weight is 616 g/mol. The highest BCUT2D eigenvalue weighted by Gasteiger charge is 2.62. The molecule has 1 aliphatic rings. The molecule has 13 heteroatoms. The summed E-state index contributed by atoms with van der Waals surface area (Å²) in [6.07, 6.45) is -10.9. The number of likely N-dealkylation sites (N-methyl/N-ethyl adjacent to an activating group) is 1. The van der Waals surface area contributed by atoms with E-state index in [2.05, 4.69) is 31.7 Å². The normalized spacial score (nSPS) is 18.3. The number of benzene rings is 3. The Morgan fingerprint density at radius 1 is 1.03 bits per heavy atom. The van der Waals surface area contributed by atoms with E-state index in [-0.39, 0.29) is 21.3 Å². The SMILES string of the molecule is CNC(=O)C(C)NC(=O)c1ccc(C2=NOC(c3cc(Br)cc(C(F)(F)F)c3)(C(F)(F)F)C2)c2ccccc12. The lowest BCUT2D eigenvalue weighted by atomic mass is 9.84. The van der Waals surface area contributed by atoms with Crippen molar-refractivity contribution in [2.24, 2.45) is 5.16 Å². The van der Waals surface area contributed by atoms with Gasteiger partial charge in [-0.1, -0.05) is 51.4 Å². The standard InChI is InChI=1S/C26H20BrF6N3O3/c1-13(22(37)34-2)35-23(38)20-8-7-19(17-5-3-4-6-18(17)20)21-12-24(39-36-21,26(31,32)33)14-9-15(25(28,29)30)11-16(27)10-14/h3-11,13H,12H2,1-2H3,(H,34,37)(H,35,38). The maximum atomic E-state index is 14.5. The largest absolute Gasteiger partial charge is 0.435 e.